The molecule has 0 spiro atoms. The van der Waals surface area contributed by atoms with Gasteiger partial charge in [0.2, 0.25) is 15.9 Å². The van der Waals surface area contributed by atoms with Crippen molar-refractivity contribution >= 4 is 33.0 Å². The van der Waals surface area contributed by atoms with Crippen LogP contribution in [0.5, 0.6) is 11.5 Å². The number of nitro groups is 1. The normalized spacial score (nSPS) is 12.0. The Morgan fingerprint density at radius 1 is 1.13 bits per heavy atom. The number of hydrogen-bond acceptors (Lipinski definition) is 7. The molecule has 162 valence electrons. The molecule has 0 aromatic heterocycles. The number of methoxy groups -OCH3 is 2. The minimum absolute atomic E-state index is 0.0571. The van der Waals surface area contributed by atoms with Crippen LogP contribution in [0.1, 0.15) is 12.5 Å². The monoisotopic (exact) mass is 437 g/mol. The van der Waals surface area contributed by atoms with E-state index in [0.29, 0.717) is 22.7 Å². The first-order valence-corrected chi connectivity index (χ1v) is 10.6. The fourth-order valence-corrected chi connectivity index (χ4v) is 4.11. The number of hydrogen-bond donors (Lipinski definition) is 1. The van der Waals surface area contributed by atoms with Gasteiger partial charge in [-0.2, -0.15) is 0 Å². The molecule has 0 aliphatic rings. The van der Waals surface area contributed by atoms with Gasteiger partial charge < -0.3 is 14.8 Å². The van der Waals surface area contributed by atoms with Gasteiger partial charge in [0, 0.05) is 23.9 Å². The first-order valence-electron chi connectivity index (χ1n) is 8.77. The van der Waals surface area contributed by atoms with E-state index in [0.717, 1.165) is 16.6 Å². The number of amides is 1. The summed E-state index contributed by atoms with van der Waals surface area (Å²) in [6.45, 7) is 3.01. The molecular formula is C19H23N3O7S. The summed E-state index contributed by atoms with van der Waals surface area (Å²) in [5.41, 5.74) is 0.615. The molecule has 0 saturated heterocycles. The standard InChI is InChI=1S/C19H23N3O7S/c1-12-6-8-15(22(24)25)11-16(12)21(30(5,26)27)13(2)19(23)20-14-7-9-17(28-3)18(10-14)29-4/h6-11,13H,1-5H3,(H,20,23). The molecule has 1 unspecified atom stereocenters. The number of ether oxygens (including phenoxy) is 2. The predicted molar refractivity (Wildman–Crippen MR) is 113 cm³/mol. The van der Waals surface area contributed by atoms with Gasteiger partial charge in [-0.05, 0) is 31.5 Å². The van der Waals surface area contributed by atoms with Gasteiger partial charge in [0.05, 0.1) is 31.1 Å². The highest BCUT2D eigenvalue weighted by Gasteiger charge is 2.31. The van der Waals surface area contributed by atoms with Crippen LogP contribution in [0.4, 0.5) is 17.1 Å². The SMILES string of the molecule is COc1ccc(NC(=O)C(C)N(c2cc([N+](=O)[O-])ccc2C)S(C)(=O)=O)cc1OC. The molecule has 1 amide bonds. The number of nitrogens with one attached hydrogen (secondary N) is 1. The molecule has 2 aromatic rings. The van der Waals surface area contributed by atoms with Gasteiger partial charge in [0.15, 0.2) is 11.5 Å². The van der Waals surface area contributed by atoms with E-state index in [2.05, 4.69) is 5.32 Å². The van der Waals surface area contributed by atoms with Crippen LogP contribution >= 0.6 is 0 Å². The third-order valence-electron chi connectivity index (χ3n) is 4.38. The fraction of sp³-hybridized carbons (Fsp3) is 0.316. The van der Waals surface area contributed by atoms with Crippen LogP contribution in [0.2, 0.25) is 0 Å². The van der Waals surface area contributed by atoms with Crippen LogP contribution in [0.3, 0.4) is 0 Å². The maximum Gasteiger partial charge on any atom is 0.271 e. The molecular weight excluding hydrogens is 414 g/mol. The summed E-state index contributed by atoms with van der Waals surface area (Å²) in [4.78, 5) is 23.3. The van der Waals surface area contributed by atoms with Crippen molar-refractivity contribution in [3.8, 4) is 11.5 Å². The Bertz CT molecular complexity index is 1070. The van der Waals surface area contributed by atoms with Crippen LogP contribution < -0.4 is 19.1 Å². The number of anilines is 2. The molecule has 0 fully saturated rings. The zero-order chi connectivity index (χ0) is 22.6. The number of carbonyl (C=O) groups is 1. The summed E-state index contributed by atoms with van der Waals surface area (Å²) in [5.74, 6) is 0.226. The smallest absolute Gasteiger partial charge is 0.271 e. The summed E-state index contributed by atoms with van der Waals surface area (Å²) in [6, 6.07) is 7.36. The molecule has 2 rings (SSSR count). The molecule has 11 heteroatoms. The maximum absolute atomic E-state index is 12.8. The first-order chi connectivity index (χ1) is 14.0. The second kappa shape index (κ2) is 8.99. The Hall–Kier alpha value is -3.34. The molecule has 2 aromatic carbocycles. The Labute approximate surface area is 174 Å². The van der Waals surface area contributed by atoms with Crippen LogP contribution in [-0.4, -0.2) is 45.8 Å². The summed E-state index contributed by atoms with van der Waals surface area (Å²) in [6.07, 6.45) is 0.936. The number of rotatable bonds is 8. The molecule has 0 bridgehead atoms. The zero-order valence-corrected chi connectivity index (χ0v) is 18.0. The lowest BCUT2D eigenvalue weighted by molar-refractivity contribution is -0.384. The molecule has 0 saturated carbocycles. The molecule has 0 aliphatic heterocycles. The summed E-state index contributed by atoms with van der Waals surface area (Å²) < 4.78 is 36.2. The van der Waals surface area contributed by atoms with Crippen LogP contribution in [0.25, 0.3) is 0 Å². The molecule has 1 atom stereocenters. The van der Waals surface area contributed by atoms with Crippen molar-refractivity contribution in [2.45, 2.75) is 19.9 Å². The second-order valence-corrected chi connectivity index (χ2v) is 8.38. The molecule has 30 heavy (non-hydrogen) atoms. The number of non-ortho nitro benzene ring substituents is 1. The van der Waals surface area contributed by atoms with Gasteiger partial charge >= 0.3 is 0 Å². The van der Waals surface area contributed by atoms with Gasteiger partial charge in [0.1, 0.15) is 6.04 Å². The van der Waals surface area contributed by atoms with E-state index in [-0.39, 0.29) is 11.4 Å². The van der Waals surface area contributed by atoms with E-state index in [9.17, 15) is 23.3 Å². The highest BCUT2D eigenvalue weighted by Crippen LogP contribution is 2.31. The Morgan fingerprint density at radius 3 is 2.30 bits per heavy atom. The van der Waals surface area contributed by atoms with Gasteiger partial charge in [-0.1, -0.05) is 6.07 Å². The molecule has 10 nitrogen and oxygen atoms in total. The van der Waals surface area contributed by atoms with Crippen molar-refractivity contribution in [1.82, 2.24) is 0 Å². The lowest BCUT2D eigenvalue weighted by atomic mass is 10.1. The summed E-state index contributed by atoms with van der Waals surface area (Å²) in [7, 11) is -1.02. The van der Waals surface area contributed by atoms with Crippen molar-refractivity contribution in [2.24, 2.45) is 0 Å². The quantitative estimate of drug-likeness (QED) is 0.497. The second-order valence-electron chi connectivity index (χ2n) is 6.52. The lowest BCUT2D eigenvalue weighted by Gasteiger charge is -2.29. The van der Waals surface area contributed by atoms with Gasteiger partial charge in [-0.3, -0.25) is 19.2 Å². The van der Waals surface area contributed by atoms with Crippen molar-refractivity contribution in [1.29, 1.82) is 0 Å². The Morgan fingerprint density at radius 2 is 1.77 bits per heavy atom. The predicted octanol–water partition coefficient (Wildman–Crippen LogP) is 2.71. The minimum Gasteiger partial charge on any atom is -0.493 e. The summed E-state index contributed by atoms with van der Waals surface area (Å²) >= 11 is 0. The van der Waals surface area contributed by atoms with Crippen LogP contribution in [0.15, 0.2) is 36.4 Å². The van der Waals surface area contributed by atoms with Crippen molar-refractivity contribution in [2.75, 3.05) is 30.1 Å². The zero-order valence-electron chi connectivity index (χ0n) is 17.2. The number of nitrogens with zero attached hydrogens (tertiary/aromatic N) is 2. The van der Waals surface area contributed by atoms with Gasteiger partial charge in [0.25, 0.3) is 5.69 Å². The van der Waals surface area contributed by atoms with Gasteiger partial charge in [-0.25, -0.2) is 8.42 Å². The molecule has 0 aliphatic carbocycles. The van der Waals surface area contributed by atoms with Crippen LogP contribution in [0, 0.1) is 17.0 Å². The Kier molecular flexibility index (Phi) is 6.88. The molecule has 0 radical (unpaired) electrons. The number of nitro benzene ring substituents is 1. The third-order valence-corrected chi connectivity index (χ3v) is 5.61. The van der Waals surface area contributed by atoms with Crippen LogP contribution in [-0.2, 0) is 14.8 Å². The van der Waals surface area contributed by atoms with Crippen molar-refractivity contribution in [3.05, 3.63) is 52.1 Å². The van der Waals surface area contributed by atoms with Crippen molar-refractivity contribution in [3.63, 3.8) is 0 Å². The summed E-state index contributed by atoms with van der Waals surface area (Å²) in [5, 5.41) is 13.8. The number of carbonyl (C=O) groups excluding carboxylic acids is 1. The highest BCUT2D eigenvalue weighted by atomic mass is 32.2. The fourth-order valence-electron chi connectivity index (χ4n) is 2.89. The average molecular weight is 437 g/mol. The average Bonchev–Trinajstić information content (AvgIpc) is 2.68. The molecule has 1 N–H and O–H groups in total. The number of benzene rings is 2. The number of sulfonamides is 1. The number of aryl methyl sites for hydroxylation is 1. The maximum atomic E-state index is 12.8. The van der Waals surface area contributed by atoms with E-state index in [1.54, 1.807) is 19.1 Å². The Balaban J connectivity index is 2.41. The van der Waals surface area contributed by atoms with E-state index in [1.807, 2.05) is 0 Å². The largest absolute Gasteiger partial charge is 0.493 e. The third kappa shape index (κ3) is 4.98. The minimum atomic E-state index is -3.94. The highest BCUT2D eigenvalue weighted by molar-refractivity contribution is 7.92. The van der Waals surface area contributed by atoms with E-state index in [4.69, 9.17) is 9.47 Å². The van der Waals surface area contributed by atoms with E-state index < -0.39 is 26.9 Å². The first kappa shape index (κ1) is 22.9. The van der Waals surface area contributed by atoms with E-state index >= 15 is 0 Å². The van der Waals surface area contributed by atoms with E-state index in [1.165, 1.54) is 39.3 Å². The topological polar surface area (TPSA) is 128 Å². The van der Waals surface area contributed by atoms with Gasteiger partial charge in [-0.15, -0.1) is 0 Å². The lowest BCUT2D eigenvalue weighted by Crippen LogP contribution is -2.45. The van der Waals surface area contributed by atoms with Crippen molar-refractivity contribution < 1.29 is 27.6 Å². The molecule has 0 heterocycles.